The van der Waals surface area contributed by atoms with E-state index in [1.807, 2.05) is 4.90 Å². The SMILES string of the molecule is C=CCN(CC=C)c1nc(N)nc2nc[nH]c12. The molecule has 3 N–H and O–H groups in total. The van der Waals surface area contributed by atoms with Gasteiger partial charge in [0.1, 0.15) is 5.52 Å². The number of H-pyrrole nitrogens is 1. The third-order valence-electron chi connectivity index (χ3n) is 2.28. The van der Waals surface area contributed by atoms with Gasteiger partial charge in [0, 0.05) is 13.1 Å². The summed E-state index contributed by atoms with van der Waals surface area (Å²) in [4.78, 5) is 17.4. The van der Waals surface area contributed by atoms with Crippen molar-refractivity contribution in [2.24, 2.45) is 0 Å². The van der Waals surface area contributed by atoms with Crippen LogP contribution in [-0.4, -0.2) is 33.0 Å². The fraction of sp³-hybridized carbons (Fsp3) is 0.182. The number of rotatable bonds is 5. The highest BCUT2D eigenvalue weighted by molar-refractivity contribution is 5.84. The zero-order chi connectivity index (χ0) is 12.3. The minimum absolute atomic E-state index is 0.206. The molecule has 0 aliphatic rings. The standard InChI is InChI=1S/C11H14N6/c1-3-5-17(6-4-2)10-8-9(14-7-13-8)15-11(12)16-10/h3-4,7H,1-2,5-6H2,(H3,12,13,14,15,16). The largest absolute Gasteiger partial charge is 0.368 e. The van der Waals surface area contributed by atoms with E-state index in [1.165, 1.54) is 0 Å². The van der Waals surface area contributed by atoms with Gasteiger partial charge in [-0.15, -0.1) is 13.2 Å². The minimum atomic E-state index is 0.206. The maximum absolute atomic E-state index is 5.66. The van der Waals surface area contributed by atoms with Gasteiger partial charge in [-0.25, -0.2) is 4.98 Å². The quantitative estimate of drug-likeness (QED) is 0.752. The number of nitrogen functional groups attached to an aromatic ring is 1. The Kier molecular flexibility index (Phi) is 3.04. The Morgan fingerprint density at radius 2 is 2.00 bits per heavy atom. The average Bonchev–Trinajstić information content (AvgIpc) is 2.75. The smallest absolute Gasteiger partial charge is 0.224 e. The molecular formula is C11H14N6. The zero-order valence-corrected chi connectivity index (χ0v) is 9.43. The lowest BCUT2D eigenvalue weighted by atomic mass is 10.4. The Balaban J connectivity index is 2.53. The van der Waals surface area contributed by atoms with Crippen LogP contribution in [0.4, 0.5) is 11.8 Å². The molecule has 2 rings (SSSR count). The molecule has 0 aliphatic heterocycles. The average molecular weight is 230 g/mol. The van der Waals surface area contributed by atoms with Crippen LogP contribution < -0.4 is 10.6 Å². The number of hydrogen-bond donors (Lipinski definition) is 2. The van der Waals surface area contributed by atoms with Crippen molar-refractivity contribution in [3.8, 4) is 0 Å². The van der Waals surface area contributed by atoms with Gasteiger partial charge in [-0.1, -0.05) is 12.2 Å². The van der Waals surface area contributed by atoms with E-state index in [4.69, 9.17) is 5.73 Å². The Morgan fingerprint density at radius 1 is 1.29 bits per heavy atom. The highest BCUT2D eigenvalue weighted by Gasteiger charge is 2.13. The number of nitrogens with two attached hydrogens (primary N) is 1. The second-order valence-electron chi connectivity index (χ2n) is 3.49. The lowest BCUT2D eigenvalue weighted by Gasteiger charge is -2.20. The Labute approximate surface area is 98.9 Å². The molecule has 0 saturated heterocycles. The van der Waals surface area contributed by atoms with E-state index in [2.05, 4.69) is 33.1 Å². The topological polar surface area (TPSA) is 83.7 Å². The molecule has 0 radical (unpaired) electrons. The lowest BCUT2D eigenvalue weighted by Crippen LogP contribution is -2.25. The molecular weight excluding hydrogens is 216 g/mol. The van der Waals surface area contributed by atoms with Crippen LogP contribution in [0.1, 0.15) is 0 Å². The van der Waals surface area contributed by atoms with Crippen LogP contribution in [0.5, 0.6) is 0 Å². The normalized spacial score (nSPS) is 10.4. The molecule has 88 valence electrons. The van der Waals surface area contributed by atoms with Gasteiger partial charge < -0.3 is 15.6 Å². The monoisotopic (exact) mass is 230 g/mol. The van der Waals surface area contributed by atoms with E-state index in [9.17, 15) is 0 Å². The minimum Gasteiger partial charge on any atom is -0.368 e. The summed E-state index contributed by atoms with van der Waals surface area (Å²) in [7, 11) is 0. The Bertz CT molecular complexity index is 534. The van der Waals surface area contributed by atoms with Crippen LogP contribution >= 0.6 is 0 Å². The number of anilines is 2. The first-order valence-electron chi connectivity index (χ1n) is 5.19. The molecule has 0 aromatic carbocycles. The van der Waals surface area contributed by atoms with Crippen molar-refractivity contribution in [2.45, 2.75) is 0 Å². The predicted molar refractivity (Wildman–Crippen MR) is 68.7 cm³/mol. The van der Waals surface area contributed by atoms with Crippen LogP contribution in [-0.2, 0) is 0 Å². The summed E-state index contributed by atoms with van der Waals surface area (Å²) in [6.45, 7) is 8.74. The molecule has 0 bridgehead atoms. The van der Waals surface area contributed by atoms with Crippen molar-refractivity contribution in [1.82, 2.24) is 19.9 Å². The fourth-order valence-corrected chi connectivity index (χ4v) is 1.62. The van der Waals surface area contributed by atoms with E-state index in [0.717, 1.165) is 5.52 Å². The first kappa shape index (κ1) is 11.1. The number of aromatic amines is 1. The third-order valence-corrected chi connectivity index (χ3v) is 2.28. The molecule has 0 fully saturated rings. The number of nitrogens with zero attached hydrogens (tertiary/aromatic N) is 4. The molecule has 2 aromatic rings. The molecule has 0 unspecified atom stereocenters. The lowest BCUT2D eigenvalue weighted by molar-refractivity contribution is 0.928. The summed E-state index contributed by atoms with van der Waals surface area (Å²) in [5, 5.41) is 0. The number of nitrogens with one attached hydrogen (secondary N) is 1. The number of aromatic nitrogens is 4. The van der Waals surface area contributed by atoms with Crippen LogP contribution in [0.3, 0.4) is 0 Å². The van der Waals surface area contributed by atoms with Crippen LogP contribution in [0.25, 0.3) is 11.2 Å². The molecule has 0 saturated carbocycles. The van der Waals surface area contributed by atoms with Crippen molar-refractivity contribution in [3.05, 3.63) is 31.6 Å². The molecule has 0 aliphatic carbocycles. The van der Waals surface area contributed by atoms with Crippen molar-refractivity contribution in [1.29, 1.82) is 0 Å². The second kappa shape index (κ2) is 4.65. The summed E-state index contributed by atoms with van der Waals surface area (Å²) in [5.41, 5.74) is 6.99. The van der Waals surface area contributed by atoms with Gasteiger partial charge in [0.15, 0.2) is 11.5 Å². The zero-order valence-electron chi connectivity index (χ0n) is 9.43. The fourth-order valence-electron chi connectivity index (χ4n) is 1.62. The van der Waals surface area contributed by atoms with Crippen molar-refractivity contribution >= 4 is 22.9 Å². The van der Waals surface area contributed by atoms with E-state index in [0.29, 0.717) is 24.6 Å². The third kappa shape index (κ3) is 2.10. The maximum Gasteiger partial charge on any atom is 0.224 e. The second-order valence-corrected chi connectivity index (χ2v) is 3.49. The summed E-state index contributed by atoms with van der Waals surface area (Å²) in [6.07, 6.45) is 5.16. The molecule has 2 heterocycles. The first-order valence-corrected chi connectivity index (χ1v) is 5.19. The van der Waals surface area contributed by atoms with E-state index in [-0.39, 0.29) is 5.95 Å². The van der Waals surface area contributed by atoms with Gasteiger partial charge in [-0.2, -0.15) is 9.97 Å². The molecule has 0 amide bonds. The van der Waals surface area contributed by atoms with Gasteiger partial charge in [0.2, 0.25) is 5.95 Å². The highest BCUT2D eigenvalue weighted by Crippen LogP contribution is 2.21. The first-order chi connectivity index (χ1) is 8.26. The molecule has 6 heteroatoms. The Hall–Kier alpha value is -2.37. The number of hydrogen-bond acceptors (Lipinski definition) is 5. The van der Waals surface area contributed by atoms with Crippen LogP contribution in [0.15, 0.2) is 31.6 Å². The van der Waals surface area contributed by atoms with Gasteiger partial charge in [0.05, 0.1) is 6.33 Å². The van der Waals surface area contributed by atoms with E-state index >= 15 is 0 Å². The van der Waals surface area contributed by atoms with Crippen molar-refractivity contribution in [3.63, 3.8) is 0 Å². The number of imidazole rings is 1. The molecule has 0 atom stereocenters. The van der Waals surface area contributed by atoms with Crippen molar-refractivity contribution < 1.29 is 0 Å². The molecule has 17 heavy (non-hydrogen) atoms. The predicted octanol–water partition coefficient (Wildman–Crippen LogP) is 1.11. The summed E-state index contributed by atoms with van der Waals surface area (Å²) in [6, 6.07) is 0. The molecule has 0 spiro atoms. The van der Waals surface area contributed by atoms with Crippen LogP contribution in [0.2, 0.25) is 0 Å². The molecule has 2 aromatic heterocycles. The molecule has 6 nitrogen and oxygen atoms in total. The van der Waals surface area contributed by atoms with Crippen LogP contribution in [0, 0.1) is 0 Å². The van der Waals surface area contributed by atoms with E-state index < -0.39 is 0 Å². The number of fused-ring (bicyclic) bond motifs is 1. The van der Waals surface area contributed by atoms with Crippen molar-refractivity contribution in [2.75, 3.05) is 23.7 Å². The van der Waals surface area contributed by atoms with Gasteiger partial charge >= 0.3 is 0 Å². The highest BCUT2D eigenvalue weighted by atomic mass is 15.2. The summed E-state index contributed by atoms with van der Waals surface area (Å²) < 4.78 is 0. The summed E-state index contributed by atoms with van der Waals surface area (Å²) >= 11 is 0. The van der Waals surface area contributed by atoms with Gasteiger partial charge in [-0.3, -0.25) is 0 Å². The Morgan fingerprint density at radius 3 is 2.65 bits per heavy atom. The van der Waals surface area contributed by atoms with Gasteiger partial charge in [-0.05, 0) is 0 Å². The summed E-state index contributed by atoms with van der Waals surface area (Å²) in [5.74, 6) is 0.919. The maximum atomic E-state index is 5.66. The van der Waals surface area contributed by atoms with E-state index in [1.54, 1.807) is 18.5 Å². The van der Waals surface area contributed by atoms with Gasteiger partial charge in [0.25, 0.3) is 0 Å².